The van der Waals surface area contributed by atoms with Crippen LogP contribution in [0.25, 0.3) is 5.57 Å². The van der Waals surface area contributed by atoms with Crippen molar-refractivity contribution < 1.29 is 19.4 Å². The highest BCUT2D eigenvalue weighted by Crippen LogP contribution is 2.59. The summed E-state index contributed by atoms with van der Waals surface area (Å²) in [6.07, 6.45) is 3.94. The van der Waals surface area contributed by atoms with Crippen LogP contribution in [0.1, 0.15) is 39.8 Å². The quantitative estimate of drug-likeness (QED) is 0.356. The predicted molar refractivity (Wildman–Crippen MR) is 130 cm³/mol. The van der Waals surface area contributed by atoms with Gasteiger partial charge in [0.25, 0.3) is 0 Å². The van der Waals surface area contributed by atoms with Crippen molar-refractivity contribution in [1.82, 2.24) is 14.8 Å². The maximum absolute atomic E-state index is 13.0. The van der Waals surface area contributed by atoms with Crippen molar-refractivity contribution in [3.8, 4) is 0 Å². The van der Waals surface area contributed by atoms with Crippen LogP contribution in [0.5, 0.6) is 0 Å². The number of hydrogen-bond acceptors (Lipinski definition) is 8. The number of esters is 1. The number of aromatic nitrogens is 1. The Morgan fingerprint density at radius 3 is 2.88 bits per heavy atom. The first kappa shape index (κ1) is 24.2. The summed E-state index contributed by atoms with van der Waals surface area (Å²) < 4.78 is 6.15. The molecule has 0 aromatic carbocycles. The molecular formula is C24H31N3O4S2. The van der Waals surface area contributed by atoms with Gasteiger partial charge >= 0.3 is 5.97 Å². The average molecular weight is 490 g/mol. The zero-order chi connectivity index (χ0) is 24.1. The van der Waals surface area contributed by atoms with Crippen LogP contribution in [-0.4, -0.2) is 69.7 Å². The van der Waals surface area contributed by atoms with Crippen LogP contribution in [0.4, 0.5) is 0 Å². The fourth-order valence-corrected chi connectivity index (χ4v) is 7.23. The van der Waals surface area contributed by atoms with Gasteiger partial charge in [-0.25, -0.2) is 9.78 Å². The maximum atomic E-state index is 13.0. The summed E-state index contributed by atoms with van der Waals surface area (Å²) in [5.74, 6) is -1.51. The van der Waals surface area contributed by atoms with Gasteiger partial charge in [0.15, 0.2) is 4.34 Å². The van der Waals surface area contributed by atoms with E-state index in [1.807, 2.05) is 19.2 Å². The Labute approximate surface area is 203 Å². The maximum Gasteiger partial charge on any atom is 0.356 e. The average Bonchev–Trinajstić information content (AvgIpc) is 3.29. The third kappa shape index (κ3) is 3.88. The molecule has 1 aromatic rings. The van der Waals surface area contributed by atoms with Gasteiger partial charge in [0.2, 0.25) is 5.91 Å². The molecule has 33 heavy (non-hydrogen) atoms. The molecule has 4 rings (SSSR count). The standard InChI is InChI=1S/C24H31N3O4S2/c1-7-10-31-22(30)19-20(14(3)24(5)18(15(4)28)21(29)27(19)24)33-23-25-17(12-32-23)16-9-8-13(2)26(6)11-16/h7,9,12-15,18,28H,1,8,10-11H2,2-6H3/t13-,14+,15-,18+,24-/m1/s1. The van der Waals surface area contributed by atoms with Crippen molar-refractivity contribution in [3.63, 3.8) is 0 Å². The second-order valence-electron chi connectivity index (χ2n) is 9.27. The van der Waals surface area contributed by atoms with Gasteiger partial charge in [0.05, 0.1) is 23.3 Å². The van der Waals surface area contributed by atoms with E-state index in [1.165, 1.54) is 39.6 Å². The minimum absolute atomic E-state index is 0.0642. The molecule has 1 N–H and O–H groups in total. The van der Waals surface area contributed by atoms with Crippen LogP contribution in [0.2, 0.25) is 0 Å². The van der Waals surface area contributed by atoms with Crippen LogP contribution < -0.4 is 0 Å². The normalized spacial score (nSPS) is 30.6. The molecule has 0 unspecified atom stereocenters. The van der Waals surface area contributed by atoms with E-state index in [4.69, 9.17) is 9.72 Å². The molecule has 5 atom stereocenters. The first-order valence-corrected chi connectivity index (χ1v) is 12.9. The number of thiazole rings is 1. The smallest absolute Gasteiger partial charge is 0.356 e. The number of amides is 1. The van der Waals surface area contributed by atoms with Crippen molar-refractivity contribution >= 4 is 40.5 Å². The highest BCUT2D eigenvalue weighted by molar-refractivity contribution is 8.04. The fraction of sp³-hybridized carbons (Fsp3) is 0.542. The van der Waals surface area contributed by atoms with Gasteiger partial charge in [0.1, 0.15) is 12.3 Å². The second kappa shape index (κ2) is 9.02. The number of aliphatic hydroxyl groups excluding tert-OH is 1. The lowest BCUT2D eigenvalue weighted by atomic mass is 9.67. The Kier molecular flexibility index (Phi) is 6.61. The molecule has 0 radical (unpaired) electrons. The highest BCUT2D eigenvalue weighted by atomic mass is 32.2. The lowest BCUT2D eigenvalue weighted by Gasteiger charge is -2.55. The first-order chi connectivity index (χ1) is 15.6. The summed E-state index contributed by atoms with van der Waals surface area (Å²) in [5, 5.41) is 12.3. The minimum Gasteiger partial charge on any atom is -0.457 e. The van der Waals surface area contributed by atoms with Crippen LogP contribution in [0.15, 0.2) is 39.1 Å². The molecule has 3 aliphatic heterocycles. The van der Waals surface area contributed by atoms with Crippen molar-refractivity contribution in [1.29, 1.82) is 0 Å². The number of rotatable bonds is 7. The van der Waals surface area contributed by atoms with E-state index in [-0.39, 0.29) is 24.1 Å². The van der Waals surface area contributed by atoms with Crippen molar-refractivity contribution in [3.05, 3.63) is 40.4 Å². The molecule has 9 heteroatoms. The van der Waals surface area contributed by atoms with Crippen LogP contribution in [-0.2, 0) is 14.3 Å². The Morgan fingerprint density at radius 2 is 2.24 bits per heavy atom. The van der Waals surface area contributed by atoms with E-state index in [9.17, 15) is 14.7 Å². The SMILES string of the molecule is C=CCOC(=O)C1=C(Sc2nc(C3=CC[C@@H](C)N(C)C3)cs2)[C@H](C)[C@]2(C)[C@@H]([C@@H](C)O)C(=O)N12. The molecule has 0 bridgehead atoms. The Morgan fingerprint density at radius 1 is 1.52 bits per heavy atom. The molecule has 0 saturated carbocycles. The summed E-state index contributed by atoms with van der Waals surface area (Å²) in [6, 6.07) is 0.513. The van der Waals surface area contributed by atoms with E-state index in [1.54, 1.807) is 6.92 Å². The largest absolute Gasteiger partial charge is 0.457 e. The molecule has 1 fully saturated rings. The van der Waals surface area contributed by atoms with E-state index in [2.05, 4.69) is 31.5 Å². The van der Waals surface area contributed by atoms with E-state index < -0.39 is 23.5 Å². The molecule has 1 saturated heterocycles. The van der Waals surface area contributed by atoms with Crippen molar-refractivity contribution in [2.75, 3.05) is 20.2 Å². The number of carbonyl (C=O) groups excluding carboxylic acids is 2. The third-order valence-electron chi connectivity index (χ3n) is 7.22. The number of β-lactam (4-membered cyclic amide) rings is 1. The summed E-state index contributed by atoms with van der Waals surface area (Å²) in [4.78, 5) is 35.4. The van der Waals surface area contributed by atoms with Gasteiger partial charge in [-0.3, -0.25) is 14.6 Å². The Hall–Kier alpha value is -1.94. The van der Waals surface area contributed by atoms with Crippen molar-refractivity contribution in [2.45, 2.75) is 56.1 Å². The summed E-state index contributed by atoms with van der Waals surface area (Å²) in [7, 11) is 2.12. The van der Waals surface area contributed by atoms with Gasteiger partial charge in [0, 0.05) is 28.8 Å². The van der Waals surface area contributed by atoms with E-state index >= 15 is 0 Å². The van der Waals surface area contributed by atoms with Crippen LogP contribution in [0.3, 0.4) is 0 Å². The van der Waals surface area contributed by atoms with Gasteiger partial charge in [-0.1, -0.05) is 37.4 Å². The number of fused-ring (bicyclic) bond motifs is 1. The molecular weight excluding hydrogens is 458 g/mol. The molecule has 4 heterocycles. The van der Waals surface area contributed by atoms with Gasteiger partial charge in [-0.15, -0.1) is 11.3 Å². The first-order valence-electron chi connectivity index (χ1n) is 11.2. The van der Waals surface area contributed by atoms with Crippen molar-refractivity contribution in [2.24, 2.45) is 11.8 Å². The summed E-state index contributed by atoms with van der Waals surface area (Å²) in [6.45, 7) is 12.3. The number of hydrogen-bond donors (Lipinski definition) is 1. The molecule has 7 nitrogen and oxygen atoms in total. The van der Waals surface area contributed by atoms with Gasteiger partial charge < -0.3 is 9.84 Å². The van der Waals surface area contributed by atoms with E-state index in [0.717, 1.165) is 27.9 Å². The second-order valence-corrected chi connectivity index (χ2v) is 11.4. The molecule has 0 spiro atoms. The van der Waals surface area contributed by atoms with E-state index in [0.29, 0.717) is 6.04 Å². The molecule has 0 aliphatic carbocycles. The van der Waals surface area contributed by atoms with Crippen LogP contribution in [0, 0.1) is 11.8 Å². The molecule has 178 valence electrons. The minimum atomic E-state index is -0.805. The Bertz CT molecular complexity index is 1050. The fourth-order valence-electron chi connectivity index (χ4n) is 5.03. The number of ether oxygens (including phenoxy) is 1. The monoisotopic (exact) mass is 489 g/mol. The number of likely N-dealkylation sites (N-methyl/N-ethyl adjacent to an activating group) is 1. The molecule has 1 aromatic heterocycles. The predicted octanol–water partition coefficient (Wildman–Crippen LogP) is 3.53. The molecule has 1 amide bonds. The number of carbonyl (C=O) groups is 2. The number of nitrogens with zero attached hydrogens (tertiary/aromatic N) is 3. The van der Waals surface area contributed by atoms with Gasteiger partial charge in [-0.05, 0) is 39.8 Å². The number of aliphatic hydroxyl groups is 1. The summed E-state index contributed by atoms with van der Waals surface area (Å²) >= 11 is 2.95. The zero-order valence-corrected chi connectivity index (χ0v) is 21.3. The third-order valence-corrected chi connectivity index (χ3v) is 9.43. The lowest BCUT2D eigenvalue weighted by Crippen LogP contribution is -2.71. The Balaban J connectivity index is 1.66. The lowest BCUT2D eigenvalue weighted by molar-refractivity contribution is -0.177. The highest BCUT2D eigenvalue weighted by Gasteiger charge is 2.68. The van der Waals surface area contributed by atoms with Crippen LogP contribution >= 0.6 is 23.1 Å². The number of thioether (sulfide) groups is 1. The molecule has 3 aliphatic rings. The zero-order valence-electron chi connectivity index (χ0n) is 19.7. The topological polar surface area (TPSA) is 83.0 Å². The van der Waals surface area contributed by atoms with Gasteiger partial charge in [-0.2, -0.15) is 0 Å². The summed E-state index contributed by atoms with van der Waals surface area (Å²) in [5.41, 5.74) is 1.75.